The lowest BCUT2D eigenvalue weighted by Crippen LogP contribution is -2.23. The first-order valence-corrected chi connectivity index (χ1v) is 8.00. The van der Waals surface area contributed by atoms with Crippen LogP contribution < -0.4 is 10.6 Å². The fraction of sp³-hybridized carbons (Fsp3) is 0.316. The summed E-state index contributed by atoms with van der Waals surface area (Å²) in [5.41, 5.74) is 2.60. The van der Waals surface area contributed by atoms with Gasteiger partial charge in [0.2, 0.25) is 0 Å². The number of hydrogen-bond donors (Lipinski definition) is 2. The lowest BCUT2D eigenvalue weighted by atomic mass is 9.86. The molecule has 6 heteroatoms. The van der Waals surface area contributed by atoms with E-state index in [4.69, 9.17) is 4.74 Å². The fourth-order valence-corrected chi connectivity index (χ4v) is 2.34. The first kappa shape index (κ1) is 18.4. The molecule has 0 radical (unpaired) electrons. The highest BCUT2D eigenvalue weighted by atomic mass is 16.5. The van der Waals surface area contributed by atoms with E-state index in [9.17, 15) is 9.59 Å². The molecule has 0 bridgehead atoms. The second-order valence-corrected chi connectivity index (χ2v) is 6.63. The SMILES string of the molecule is CNc1cncc(C(=O)OCC(=O)Nc2ccccc2C(C)(C)C)c1. The Morgan fingerprint density at radius 1 is 1.16 bits per heavy atom. The highest BCUT2D eigenvalue weighted by Gasteiger charge is 2.19. The molecule has 1 aromatic heterocycles. The Morgan fingerprint density at radius 2 is 1.88 bits per heavy atom. The summed E-state index contributed by atoms with van der Waals surface area (Å²) in [5.74, 6) is -0.980. The van der Waals surface area contributed by atoms with Crippen LogP contribution >= 0.6 is 0 Å². The van der Waals surface area contributed by atoms with Crippen LogP contribution in [0.25, 0.3) is 0 Å². The van der Waals surface area contributed by atoms with Crippen molar-refractivity contribution in [2.45, 2.75) is 26.2 Å². The van der Waals surface area contributed by atoms with E-state index in [1.807, 2.05) is 24.3 Å². The van der Waals surface area contributed by atoms with Crippen molar-refractivity contribution in [2.75, 3.05) is 24.3 Å². The molecule has 0 saturated heterocycles. The molecule has 2 aromatic rings. The normalized spacial score (nSPS) is 10.9. The molecule has 1 aromatic carbocycles. The Labute approximate surface area is 147 Å². The van der Waals surface area contributed by atoms with E-state index >= 15 is 0 Å². The van der Waals surface area contributed by atoms with Gasteiger partial charge in [-0.2, -0.15) is 0 Å². The van der Waals surface area contributed by atoms with Gasteiger partial charge < -0.3 is 15.4 Å². The van der Waals surface area contributed by atoms with Crippen LogP contribution in [0.1, 0.15) is 36.7 Å². The highest BCUT2D eigenvalue weighted by molar-refractivity contribution is 5.96. The van der Waals surface area contributed by atoms with E-state index in [1.165, 1.54) is 6.20 Å². The number of carbonyl (C=O) groups is 2. The third-order valence-corrected chi connectivity index (χ3v) is 3.61. The van der Waals surface area contributed by atoms with Crippen LogP contribution in [0, 0.1) is 0 Å². The number of pyridine rings is 1. The van der Waals surface area contributed by atoms with Gasteiger partial charge in [0, 0.05) is 25.1 Å². The summed E-state index contributed by atoms with van der Waals surface area (Å²) in [6.07, 6.45) is 2.99. The van der Waals surface area contributed by atoms with Crippen LogP contribution in [0.4, 0.5) is 11.4 Å². The molecule has 0 saturated carbocycles. The molecule has 1 amide bonds. The highest BCUT2D eigenvalue weighted by Crippen LogP contribution is 2.29. The van der Waals surface area contributed by atoms with E-state index in [1.54, 1.807) is 19.3 Å². The molecule has 0 aliphatic carbocycles. The third-order valence-electron chi connectivity index (χ3n) is 3.61. The van der Waals surface area contributed by atoms with Gasteiger partial charge in [-0.25, -0.2) is 4.79 Å². The summed E-state index contributed by atoms with van der Waals surface area (Å²) < 4.78 is 5.07. The second kappa shape index (κ2) is 7.79. The first-order chi connectivity index (χ1) is 11.8. The van der Waals surface area contributed by atoms with Crippen molar-refractivity contribution in [3.05, 3.63) is 53.9 Å². The maximum Gasteiger partial charge on any atom is 0.340 e. The van der Waals surface area contributed by atoms with Crippen LogP contribution in [0.3, 0.4) is 0 Å². The molecule has 2 N–H and O–H groups in total. The monoisotopic (exact) mass is 341 g/mol. The van der Waals surface area contributed by atoms with Crippen molar-refractivity contribution in [1.29, 1.82) is 0 Å². The molecule has 0 unspecified atom stereocenters. The van der Waals surface area contributed by atoms with Crippen molar-refractivity contribution < 1.29 is 14.3 Å². The number of anilines is 2. The second-order valence-electron chi connectivity index (χ2n) is 6.63. The molecule has 25 heavy (non-hydrogen) atoms. The molecule has 0 atom stereocenters. The zero-order valence-corrected chi connectivity index (χ0v) is 14.9. The average Bonchev–Trinajstić information content (AvgIpc) is 2.59. The first-order valence-electron chi connectivity index (χ1n) is 8.00. The number of aromatic nitrogens is 1. The van der Waals surface area contributed by atoms with Crippen LogP contribution in [0.2, 0.25) is 0 Å². The zero-order chi connectivity index (χ0) is 18.4. The van der Waals surface area contributed by atoms with Crippen molar-refractivity contribution >= 4 is 23.3 Å². The maximum absolute atomic E-state index is 12.1. The molecule has 0 aliphatic heterocycles. The number of hydrogen-bond acceptors (Lipinski definition) is 5. The standard InChI is InChI=1S/C19H23N3O3/c1-19(2,3)15-7-5-6-8-16(15)22-17(23)12-25-18(24)13-9-14(20-4)11-21-10-13/h5-11,20H,12H2,1-4H3,(H,22,23). The number of para-hydroxylation sites is 1. The number of benzene rings is 1. The molecule has 1 heterocycles. The van der Waals surface area contributed by atoms with E-state index < -0.39 is 5.97 Å². The minimum absolute atomic E-state index is 0.111. The van der Waals surface area contributed by atoms with Gasteiger partial charge in [0.1, 0.15) is 0 Å². The number of amides is 1. The fourth-order valence-electron chi connectivity index (χ4n) is 2.34. The van der Waals surface area contributed by atoms with Gasteiger partial charge in [0.25, 0.3) is 5.91 Å². The van der Waals surface area contributed by atoms with Gasteiger partial charge in [-0.1, -0.05) is 39.0 Å². The van der Waals surface area contributed by atoms with Gasteiger partial charge >= 0.3 is 5.97 Å². The van der Waals surface area contributed by atoms with Crippen LogP contribution in [0.5, 0.6) is 0 Å². The van der Waals surface area contributed by atoms with Gasteiger partial charge in [-0.3, -0.25) is 9.78 Å². The molecule has 132 valence electrons. The van der Waals surface area contributed by atoms with E-state index in [0.29, 0.717) is 5.69 Å². The maximum atomic E-state index is 12.1. The zero-order valence-electron chi connectivity index (χ0n) is 14.9. The van der Waals surface area contributed by atoms with Crippen LogP contribution in [-0.2, 0) is 14.9 Å². The lowest BCUT2D eigenvalue weighted by Gasteiger charge is -2.22. The Morgan fingerprint density at radius 3 is 2.56 bits per heavy atom. The summed E-state index contributed by atoms with van der Waals surface area (Å²) in [4.78, 5) is 28.1. The summed E-state index contributed by atoms with van der Waals surface area (Å²) >= 11 is 0. The number of nitrogens with one attached hydrogen (secondary N) is 2. The minimum atomic E-state index is -0.594. The Hall–Kier alpha value is -2.89. The van der Waals surface area contributed by atoms with Crippen molar-refractivity contribution in [3.63, 3.8) is 0 Å². The minimum Gasteiger partial charge on any atom is -0.452 e. The van der Waals surface area contributed by atoms with Crippen LogP contribution in [0.15, 0.2) is 42.7 Å². The van der Waals surface area contributed by atoms with Crippen molar-refractivity contribution in [3.8, 4) is 0 Å². The molecular weight excluding hydrogens is 318 g/mol. The molecule has 0 spiro atoms. The summed E-state index contributed by atoms with van der Waals surface area (Å²) in [6, 6.07) is 9.20. The Bertz CT molecular complexity index is 767. The molecule has 6 nitrogen and oxygen atoms in total. The van der Waals surface area contributed by atoms with Gasteiger partial charge in [0.05, 0.1) is 11.3 Å². The number of rotatable bonds is 5. The van der Waals surface area contributed by atoms with Crippen molar-refractivity contribution in [2.24, 2.45) is 0 Å². The quantitative estimate of drug-likeness (QED) is 0.816. The van der Waals surface area contributed by atoms with E-state index in [2.05, 4.69) is 36.4 Å². The number of esters is 1. The smallest absolute Gasteiger partial charge is 0.340 e. The van der Waals surface area contributed by atoms with E-state index in [0.717, 1.165) is 11.3 Å². The van der Waals surface area contributed by atoms with Gasteiger partial charge in [0.15, 0.2) is 6.61 Å². The number of carbonyl (C=O) groups excluding carboxylic acids is 2. The summed E-state index contributed by atoms with van der Waals surface area (Å²) in [6.45, 7) is 5.85. The molecule has 0 fully saturated rings. The average molecular weight is 341 g/mol. The summed E-state index contributed by atoms with van der Waals surface area (Å²) in [5, 5.41) is 5.69. The molecule has 0 aliphatic rings. The topological polar surface area (TPSA) is 80.3 Å². The largest absolute Gasteiger partial charge is 0.452 e. The van der Waals surface area contributed by atoms with Gasteiger partial charge in [-0.15, -0.1) is 0 Å². The number of ether oxygens (including phenoxy) is 1. The Kier molecular flexibility index (Phi) is 5.75. The van der Waals surface area contributed by atoms with Crippen molar-refractivity contribution in [1.82, 2.24) is 4.98 Å². The Balaban J connectivity index is 1.98. The predicted molar refractivity (Wildman–Crippen MR) is 97.8 cm³/mol. The van der Waals surface area contributed by atoms with E-state index in [-0.39, 0.29) is 23.5 Å². The molecule has 2 rings (SSSR count). The van der Waals surface area contributed by atoms with Crippen LogP contribution in [-0.4, -0.2) is 30.5 Å². The number of nitrogens with zero attached hydrogens (tertiary/aromatic N) is 1. The predicted octanol–water partition coefficient (Wildman–Crippen LogP) is 3.22. The molecular formula is C19H23N3O3. The lowest BCUT2D eigenvalue weighted by molar-refractivity contribution is -0.119. The third kappa shape index (κ3) is 5.04. The van der Waals surface area contributed by atoms with Gasteiger partial charge in [-0.05, 0) is 23.1 Å². The summed E-state index contributed by atoms with van der Waals surface area (Å²) in [7, 11) is 1.73.